The molecule has 1 saturated carbocycles. The Morgan fingerprint density at radius 2 is 1.45 bits per heavy atom. The van der Waals surface area contributed by atoms with Crippen molar-refractivity contribution in [3.8, 4) is 0 Å². The van der Waals surface area contributed by atoms with Gasteiger partial charge in [-0.2, -0.15) is 0 Å². The van der Waals surface area contributed by atoms with Gasteiger partial charge in [0.1, 0.15) is 24.0 Å². The number of amides is 1. The monoisotopic (exact) mass is 962 g/mol. The minimum absolute atomic E-state index is 0.00641. The number of ketones is 3. The molecule has 0 N–H and O–H groups in total. The van der Waals surface area contributed by atoms with Crippen molar-refractivity contribution in [1.29, 1.82) is 0 Å². The second-order valence-electron chi connectivity index (χ2n) is 21.0. The lowest BCUT2D eigenvalue weighted by Gasteiger charge is -2.43. The van der Waals surface area contributed by atoms with Crippen LogP contribution in [0.15, 0.2) is 23.3 Å². The SMILES string of the molecule is CC[C@@H]1/C=C(\C)C[C@H](C)C[C@H](OC)C(OC=O)[C@@H](OC)C[C@@H](C)C(=O)C(=O)C(=O)N2CCCC[C@H]2C(=O)O[C@H](/C(C)=C/C2CC[C@@H](OC=O)[C@H](OC)C2)[C@H](C)C(O[Si](C)(C)C(C)(C)C)CC1=O. The third kappa shape index (κ3) is 15.7. The zero-order valence-corrected chi connectivity index (χ0v) is 44.0. The van der Waals surface area contributed by atoms with E-state index in [0.717, 1.165) is 16.0 Å². The zero-order chi connectivity index (χ0) is 50.4. The number of Topliss-reactive ketones (excluding diaryl/α,β-unsaturated/α-hetero) is 3. The zero-order valence-electron chi connectivity index (χ0n) is 43.0. The van der Waals surface area contributed by atoms with Crippen molar-refractivity contribution in [3.63, 3.8) is 0 Å². The summed E-state index contributed by atoms with van der Waals surface area (Å²) < 4.78 is 42.0. The third-order valence-corrected chi connectivity index (χ3v) is 19.4. The molecule has 15 nitrogen and oxygen atoms in total. The van der Waals surface area contributed by atoms with Crippen molar-refractivity contribution in [1.82, 2.24) is 4.90 Å². The van der Waals surface area contributed by atoms with Crippen LogP contribution in [0.1, 0.15) is 133 Å². The topological polar surface area (TPSA) is 187 Å². The second kappa shape index (κ2) is 26.4. The maximum absolute atomic E-state index is 14.7. The van der Waals surface area contributed by atoms with Crippen LogP contribution in [0.2, 0.25) is 18.1 Å². The number of carbonyl (C=O) groups excluding carboxylic acids is 7. The highest BCUT2D eigenvalue weighted by atomic mass is 28.4. The lowest BCUT2D eigenvalue weighted by Crippen LogP contribution is -2.54. The first kappa shape index (κ1) is 57.7. The number of carbonyl (C=O) groups is 7. The maximum atomic E-state index is 14.7. The van der Waals surface area contributed by atoms with Crippen LogP contribution in [-0.4, -0.2) is 132 Å². The first-order valence-corrected chi connectivity index (χ1v) is 27.3. The molecule has 16 heteroatoms. The van der Waals surface area contributed by atoms with Gasteiger partial charge in [0.2, 0.25) is 5.78 Å². The van der Waals surface area contributed by atoms with E-state index in [9.17, 15) is 33.6 Å². The molecule has 13 atom stereocenters. The lowest BCUT2D eigenvalue weighted by molar-refractivity contribution is -0.165. The quantitative estimate of drug-likeness (QED) is 0.0462. The highest BCUT2D eigenvalue weighted by molar-refractivity contribution is 6.74. The Hall–Kier alpha value is -3.57. The Morgan fingerprint density at radius 1 is 0.821 bits per heavy atom. The van der Waals surface area contributed by atoms with Gasteiger partial charge in [-0.25, -0.2) is 4.79 Å². The number of hydrogen-bond donors (Lipinski definition) is 0. The van der Waals surface area contributed by atoms with E-state index in [4.69, 9.17) is 32.8 Å². The van der Waals surface area contributed by atoms with Gasteiger partial charge in [0.25, 0.3) is 24.6 Å². The Morgan fingerprint density at radius 3 is 2.03 bits per heavy atom. The molecule has 0 aromatic heterocycles. The van der Waals surface area contributed by atoms with E-state index < -0.39 is 92.2 Å². The summed E-state index contributed by atoms with van der Waals surface area (Å²) in [5, 5.41) is -0.232. The van der Waals surface area contributed by atoms with E-state index in [2.05, 4.69) is 39.9 Å². The molecule has 3 unspecified atom stereocenters. The molecule has 0 aromatic carbocycles. The fraction of sp³-hybridized carbons (Fsp3) is 0.784. The molecule has 0 aromatic rings. The van der Waals surface area contributed by atoms with E-state index in [1.165, 1.54) is 21.1 Å². The molecule has 3 aliphatic rings. The van der Waals surface area contributed by atoms with Crippen LogP contribution in [0.3, 0.4) is 0 Å². The largest absolute Gasteiger partial charge is 0.462 e. The summed E-state index contributed by atoms with van der Waals surface area (Å²) in [4.78, 5) is 95.5. The molecule has 380 valence electrons. The number of nitrogens with zero attached hydrogens (tertiary/aromatic N) is 1. The average molecular weight is 962 g/mol. The van der Waals surface area contributed by atoms with Crippen LogP contribution in [0.4, 0.5) is 0 Å². The minimum atomic E-state index is -2.58. The molecule has 3 rings (SSSR count). The predicted molar refractivity (Wildman–Crippen MR) is 255 cm³/mol. The summed E-state index contributed by atoms with van der Waals surface area (Å²) >= 11 is 0. The normalized spacial score (nSPS) is 34.3. The van der Waals surface area contributed by atoms with E-state index in [0.29, 0.717) is 64.3 Å². The van der Waals surface area contributed by atoms with Gasteiger partial charge in [0.05, 0.1) is 24.4 Å². The van der Waals surface area contributed by atoms with Crippen LogP contribution in [-0.2, 0) is 66.4 Å². The molecule has 1 aliphatic carbocycles. The highest BCUT2D eigenvalue weighted by Crippen LogP contribution is 2.41. The van der Waals surface area contributed by atoms with Crippen LogP contribution < -0.4 is 0 Å². The number of hydrogen-bond acceptors (Lipinski definition) is 14. The van der Waals surface area contributed by atoms with Crippen molar-refractivity contribution < 1.29 is 66.4 Å². The summed E-state index contributed by atoms with van der Waals surface area (Å²) in [5.41, 5.74) is 1.72. The van der Waals surface area contributed by atoms with Crippen molar-refractivity contribution >= 4 is 50.5 Å². The first-order chi connectivity index (χ1) is 31.5. The van der Waals surface area contributed by atoms with Gasteiger partial charge >= 0.3 is 5.97 Å². The number of piperidine rings is 1. The van der Waals surface area contributed by atoms with Gasteiger partial charge in [0.15, 0.2) is 14.4 Å². The first-order valence-electron chi connectivity index (χ1n) is 24.4. The molecule has 0 radical (unpaired) electrons. The van der Waals surface area contributed by atoms with Gasteiger partial charge in [-0.3, -0.25) is 28.8 Å². The number of cyclic esters (lactones) is 1. The van der Waals surface area contributed by atoms with E-state index in [1.54, 1.807) is 7.11 Å². The van der Waals surface area contributed by atoms with Crippen LogP contribution in [0.25, 0.3) is 0 Å². The smallest absolute Gasteiger partial charge is 0.329 e. The van der Waals surface area contributed by atoms with Crippen molar-refractivity contribution in [2.24, 2.45) is 29.6 Å². The number of fused-ring (bicyclic) bond motifs is 1. The average Bonchev–Trinajstić information content (AvgIpc) is 3.28. The number of rotatable bonds is 12. The van der Waals surface area contributed by atoms with Crippen molar-refractivity contribution in [2.45, 2.75) is 200 Å². The molecule has 0 spiro atoms. The number of methoxy groups -OCH3 is 3. The third-order valence-electron chi connectivity index (χ3n) is 14.9. The summed E-state index contributed by atoms with van der Waals surface area (Å²) in [6, 6.07) is -1.16. The van der Waals surface area contributed by atoms with Gasteiger partial charge in [-0.1, -0.05) is 66.2 Å². The van der Waals surface area contributed by atoms with E-state index >= 15 is 0 Å². The number of allylic oxidation sites excluding steroid dienone is 3. The van der Waals surface area contributed by atoms with Gasteiger partial charge in [-0.05, 0) is 114 Å². The van der Waals surface area contributed by atoms with Gasteiger partial charge < -0.3 is 37.7 Å². The van der Waals surface area contributed by atoms with Crippen molar-refractivity contribution in [3.05, 3.63) is 23.3 Å². The van der Waals surface area contributed by atoms with Gasteiger partial charge in [-0.15, -0.1) is 0 Å². The Bertz CT molecular complexity index is 1760. The lowest BCUT2D eigenvalue weighted by atomic mass is 9.81. The molecule has 0 bridgehead atoms. The van der Waals surface area contributed by atoms with E-state index in [1.807, 2.05) is 40.7 Å². The molecular formula is C51H83NO14Si. The molecule has 1 amide bonds. The second-order valence-corrected chi connectivity index (χ2v) is 25.7. The Kier molecular flexibility index (Phi) is 22.8. The van der Waals surface area contributed by atoms with Crippen LogP contribution >= 0.6 is 0 Å². The Labute approximate surface area is 401 Å². The standard InChI is InChI=1S/C51H83NO14Si/c1-15-37-23-31(2)22-32(3)24-43(61-11)48(64-30-54)44(62-12)26-33(4)45(56)46(57)49(58)52-21-17-16-18-38(52)50(59)65-47(34(5)25-36-19-20-40(63-29-53)42(27-36)60-10)35(6)41(28-39(37)55)66-67(13,14)51(7,8)9/h23,25,29-30,32-33,35-38,40-44,47-48H,15-22,24,26-28H2,1-14H3/b31-23+,34-25+/t32-,33+,35+,36?,37+,38-,40+,41?,42+,43-,44-,47+,48?/m0/s1. The highest BCUT2D eigenvalue weighted by Gasteiger charge is 2.46. The fourth-order valence-corrected chi connectivity index (χ4v) is 11.3. The molecule has 2 fully saturated rings. The van der Waals surface area contributed by atoms with E-state index in [-0.39, 0.29) is 54.6 Å². The molecule has 67 heavy (non-hydrogen) atoms. The van der Waals surface area contributed by atoms with Crippen molar-refractivity contribution in [2.75, 3.05) is 27.9 Å². The van der Waals surface area contributed by atoms with Gasteiger partial charge in [0, 0.05) is 52.0 Å². The summed E-state index contributed by atoms with van der Waals surface area (Å²) in [5.74, 6) is -6.09. The molecule has 1 saturated heterocycles. The predicted octanol–water partition coefficient (Wildman–Crippen LogP) is 7.71. The fourth-order valence-electron chi connectivity index (χ4n) is 9.90. The minimum Gasteiger partial charge on any atom is -0.462 e. The van der Waals surface area contributed by atoms with Crippen LogP contribution in [0, 0.1) is 29.6 Å². The number of esters is 1. The number of ether oxygens (including phenoxy) is 6. The summed E-state index contributed by atoms with van der Waals surface area (Å²) in [6.45, 7) is 22.8. The van der Waals surface area contributed by atoms with Crippen LogP contribution in [0.5, 0.6) is 0 Å². The molecular weight excluding hydrogens is 879 g/mol. The summed E-state index contributed by atoms with van der Waals surface area (Å²) in [6.07, 6.45) is 3.92. The summed E-state index contributed by atoms with van der Waals surface area (Å²) in [7, 11) is 1.92. The molecule has 2 aliphatic heterocycles. The Balaban J connectivity index is 2.24. The molecule has 2 heterocycles. The maximum Gasteiger partial charge on any atom is 0.329 e.